The maximum Gasteiger partial charge on any atom is 0.256 e. The third-order valence-electron chi connectivity index (χ3n) is 3.56. The fourth-order valence-corrected chi connectivity index (χ4v) is 2.80. The molecule has 0 radical (unpaired) electrons. The monoisotopic (exact) mass is 329 g/mol. The number of halogens is 2. The summed E-state index contributed by atoms with van der Waals surface area (Å²) in [6.07, 6.45) is 0. The minimum atomic E-state index is -0.182. The number of carbonyl (C=O) groups excluding carboxylic acids is 1. The van der Waals surface area contributed by atoms with Crippen LogP contribution in [0.2, 0.25) is 10.0 Å². The zero-order valence-electron chi connectivity index (χ0n) is 11.9. The molecule has 0 bridgehead atoms. The lowest BCUT2D eigenvalue weighted by atomic mass is 10.0. The summed E-state index contributed by atoms with van der Waals surface area (Å²) in [5.41, 5.74) is 2.24. The molecule has 3 aromatic carbocycles. The van der Waals surface area contributed by atoms with Crippen LogP contribution in [0.1, 0.15) is 15.9 Å². The lowest BCUT2D eigenvalue weighted by Crippen LogP contribution is -2.13. The molecule has 0 atom stereocenters. The summed E-state index contributed by atoms with van der Waals surface area (Å²) in [7, 11) is 0. The molecule has 0 saturated heterocycles. The molecule has 0 aliphatic rings. The van der Waals surface area contributed by atoms with Crippen molar-refractivity contribution in [1.82, 2.24) is 0 Å². The lowest BCUT2D eigenvalue weighted by molar-refractivity contribution is 0.102. The first-order chi connectivity index (χ1) is 10.6. The molecule has 0 aliphatic carbocycles. The molecule has 2 nitrogen and oxygen atoms in total. The van der Waals surface area contributed by atoms with E-state index in [1.54, 1.807) is 18.2 Å². The molecule has 0 unspecified atom stereocenters. The fraction of sp³-hybridized carbons (Fsp3) is 0.0556. The van der Waals surface area contributed by atoms with Crippen LogP contribution in [-0.4, -0.2) is 5.91 Å². The molecule has 22 heavy (non-hydrogen) atoms. The maximum atomic E-state index is 12.6. The van der Waals surface area contributed by atoms with Crippen molar-refractivity contribution >= 4 is 45.6 Å². The second kappa shape index (κ2) is 5.99. The van der Waals surface area contributed by atoms with Gasteiger partial charge in [0.2, 0.25) is 0 Å². The molecule has 3 rings (SSSR count). The van der Waals surface area contributed by atoms with Gasteiger partial charge in [0.1, 0.15) is 0 Å². The van der Waals surface area contributed by atoms with Crippen LogP contribution in [0, 0.1) is 6.92 Å². The normalized spacial score (nSPS) is 10.7. The summed E-state index contributed by atoms with van der Waals surface area (Å²) < 4.78 is 0. The lowest BCUT2D eigenvalue weighted by Gasteiger charge is -2.11. The van der Waals surface area contributed by atoms with Crippen LogP contribution >= 0.6 is 23.2 Å². The smallest absolute Gasteiger partial charge is 0.256 e. The van der Waals surface area contributed by atoms with Gasteiger partial charge in [0, 0.05) is 26.7 Å². The Morgan fingerprint density at radius 3 is 2.50 bits per heavy atom. The SMILES string of the molecule is Cc1ccc(Cl)cc1NC(=O)c1cccc2c(Cl)cccc12. The molecule has 4 heteroatoms. The Kier molecular flexibility index (Phi) is 4.06. The van der Waals surface area contributed by atoms with Gasteiger partial charge in [-0.1, -0.05) is 53.5 Å². The molecular formula is C18H13Cl2NO. The van der Waals surface area contributed by atoms with Crippen LogP contribution in [0.25, 0.3) is 10.8 Å². The van der Waals surface area contributed by atoms with E-state index in [9.17, 15) is 4.79 Å². The van der Waals surface area contributed by atoms with Crippen LogP contribution in [-0.2, 0) is 0 Å². The molecule has 0 fully saturated rings. The first kappa shape index (κ1) is 14.9. The second-order valence-electron chi connectivity index (χ2n) is 5.05. The summed E-state index contributed by atoms with van der Waals surface area (Å²) in [6.45, 7) is 1.92. The van der Waals surface area contributed by atoms with Gasteiger partial charge in [-0.2, -0.15) is 0 Å². The Hall–Kier alpha value is -2.03. The van der Waals surface area contributed by atoms with E-state index in [0.717, 1.165) is 16.3 Å². The number of hydrogen-bond acceptors (Lipinski definition) is 1. The Morgan fingerprint density at radius 1 is 0.955 bits per heavy atom. The highest BCUT2D eigenvalue weighted by molar-refractivity contribution is 6.36. The van der Waals surface area contributed by atoms with E-state index in [1.807, 2.05) is 43.3 Å². The summed E-state index contributed by atoms with van der Waals surface area (Å²) in [4.78, 5) is 12.6. The van der Waals surface area contributed by atoms with E-state index >= 15 is 0 Å². The van der Waals surface area contributed by atoms with Gasteiger partial charge in [0.25, 0.3) is 5.91 Å². The summed E-state index contributed by atoms with van der Waals surface area (Å²) in [5, 5.41) is 5.82. The number of amides is 1. The molecule has 0 aromatic heterocycles. The van der Waals surface area contributed by atoms with E-state index in [2.05, 4.69) is 5.32 Å². The molecule has 1 N–H and O–H groups in total. The molecule has 3 aromatic rings. The second-order valence-corrected chi connectivity index (χ2v) is 5.90. The largest absolute Gasteiger partial charge is 0.322 e. The third-order valence-corrected chi connectivity index (χ3v) is 4.13. The van der Waals surface area contributed by atoms with E-state index in [1.165, 1.54) is 0 Å². The van der Waals surface area contributed by atoms with Crippen LogP contribution in [0.3, 0.4) is 0 Å². The Bertz CT molecular complexity index is 874. The van der Waals surface area contributed by atoms with Gasteiger partial charge in [-0.25, -0.2) is 0 Å². The number of anilines is 1. The van der Waals surface area contributed by atoms with Gasteiger partial charge in [-0.3, -0.25) is 4.79 Å². The van der Waals surface area contributed by atoms with Crippen molar-refractivity contribution in [3.63, 3.8) is 0 Å². The predicted molar refractivity (Wildman–Crippen MR) is 93.1 cm³/mol. The summed E-state index contributed by atoms with van der Waals surface area (Å²) in [5.74, 6) is -0.182. The van der Waals surface area contributed by atoms with Crippen molar-refractivity contribution in [3.05, 3.63) is 75.8 Å². The Morgan fingerprint density at radius 2 is 1.68 bits per heavy atom. The third kappa shape index (κ3) is 2.80. The molecule has 0 heterocycles. The minimum absolute atomic E-state index is 0.182. The van der Waals surface area contributed by atoms with Crippen molar-refractivity contribution in [2.45, 2.75) is 6.92 Å². The molecule has 1 amide bonds. The van der Waals surface area contributed by atoms with Crippen LogP contribution in [0.15, 0.2) is 54.6 Å². The van der Waals surface area contributed by atoms with Crippen molar-refractivity contribution in [1.29, 1.82) is 0 Å². The first-order valence-electron chi connectivity index (χ1n) is 6.81. The molecule has 0 saturated carbocycles. The number of rotatable bonds is 2. The summed E-state index contributed by atoms with van der Waals surface area (Å²) in [6, 6.07) is 16.5. The molecular weight excluding hydrogens is 317 g/mol. The van der Waals surface area contributed by atoms with Crippen molar-refractivity contribution in [2.24, 2.45) is 0 Å². The molecule has 0 aliphatic heterocycles. The standard InChI is InChI=1S/C18H13Cl2NO/c1-11-8-9-12(19)10-17(11)21-18(22)15-6-2-5-14-13(15)4-3-7-16(14)20/h2-10H,1H3,(H,21,22). The zero-order valence-corrected chi connectivity index (χ0v) is 13.4. The van der Waals surface area contributed by atoms with E-state index in [-0.39, 0.29) is 5.91 Å². The number of fused-ring (bicyclic) bond motifs is 1. The zero-order chi connectivity index (χ0) is 15.7. The highest BCUT2D eigenvalue weighted by atomic mass is 35.5. The van der Waals surface area contributed by atoms with Crippen molar-refractivity contribution in [2.75, 3.05) is 5.32 Å². The topological polar surface area (TPSA) is 29.1 Å². The molecule has 110 valence electrons. The van der Waals surface area contributed by atoms with E-state index < -0.39 is 0 Å². The number of hydrogen-bond donors (Lipinski definition) is 1. The van der Waals surface area contributed by atoms with Crippen molar-refractivity contribution in [3.8, 4) is 0 Å². The van der Waals surface area contributed by atoms with E-state index in [0.29, 0.717) is 21.3 Å². The fourth-order valence-electron chi connectivity index (χ4n) is 2.39. The number of nitrogens with one attached hydrogen (secondary N) is 1. The average molecular weight is 330 g/mol. The average Bonchev–Trinajstić information content (AvgIpc) is 2.51. The highest BCUT2D eigenvalue weighted by Crippen LogP contribution is 2.27. The van der Waals surface area contributed by atoms with Crippen molar-refractivity contribution < 1.29 is 4.79 Å². The van der Waals surface area contributed by atoms with Gasteiger partial charge < -0.3 is 5.32 Å². The number of benzene rings is 3. The minimum Gasteiger partial charge on any atom is -0.322 e. The Balaban J connectivity index is 2.03. The first-order valence-corrected chi connectivity index (χ1v) is 7.56. The Labute approximate surface area is 138 Å². The highest BCUT2D eigenvalue weighted by Gasteiger charge is 2.12. The molecule has 0 spiro atoms. The number of aryl methyl sites for hydroxylation is 1. The van der Waals surface area contributed by atoms with Crippen LogP contribution in [0.5, 0.6) is 0 Å². The van der Waals surface area contributed by atoms with Gasteiger partial charge in [0.15, 0.2) is 0 Å². The maximum absolute atomic E-state index is 12.6. The van der Waals surface area contributed by atoms with Gasteiger partial charge >= 0.3 is 0 Å². The van der Waals surface area contributed by atoms with Crippen LogP contribution in [0.4, 0.5) is 5.69 Å². The predicted octanol–water partition coefficient (Wildman–Crippen LogP) is 5.71. The number of carbonyl (C=O) groups is 1. The van der Waals surface area contributed by atoms with Gasteiger partial charge in [-0.05, 0) is 42.1 Å². The van der Waals surface area contributed by atoms with E-state index in [4.69, 9.17) is 23.2 Å². The van der Waals surface area contributed by atoms with Crippen LogP contribution < -0.4 is 5.32 Å². The summed E-state index contributed by atoms with van der Waals surface area (Å²) >= 11 is 12.2. The quantitative estimate of drug-likeness (QED) is 0.641. The van der Waals surface area contributed by atoms with Gasteiger partial charge in [-0.15, -0.1) is 0 Å². The van der Waals surface area contributed by atoms with Gasteiger partial charge in [0.05, 0.1) is 0 Å².